The molecular formula is C30H24F2N4O3. The van der Waals surface area contributed by atoms with E-state index in [1.165, 1.54) is 37.6 Å². The molecule has 1 N–H and O–H groups in total. The Morgan fingerprint density at radius 3 is 2.59 bits per heavy atom. The molecule has 0 saturated carbocycles. The van der Waals surface area contributed by atoms with Crippen molar-refractivity contribution in [2.45, 2.75) is 0 Å². The molecule has 6 rings (SSSR count). The first-order valence-corrected chi connectivity index (χ1v) is 12.5. The van der Waals surface area contributed by atoms with Crippen molar-refractivity contribution >= 4 is 39.1 Å². The molecule has 1 aliphatic rings. The highest BCUT2D eigenvalue weighted by molar-refractivity contribution is 6.15. The van der Waals surface area contributed by atoms with Crippen LogP contribution in [0.3, 0.4) is 0 Å². The Balaban J connectivity index is 1.52. The Morgan fingerprint density at radius 1 is 0.974 bits per heavy atom. The summed E-state index contributed by atoms with van der Waals surface area (Å²) < 4.78 is 41.1. The van der Waals surface area contributed by atoms with Crippen molar-refractivity contribution in [1.29, 1.82) is 0 Å². The Bertz CT molecular complexity index is 1720. The maximum absolute atomic E-state index is 15.3. The van der Waals surface area contributed by atoms with Gasteiger partial charge in [-0.05, 0) is 42.5 Å². The highest BCUT2D eigenvalue weighted by Crippen LogP contribution is 2.41. The largest absolute Gasteiger partial charge is 0.497 e. The number of hydrogen-bond acceptors (Lipinski definition) is 6. The average Bonchev–Trinajstić information content (AvgIpc) is 2.97. The second kappa shape index (κ2) is 10.3. The van der Waals surface area contributed by atoms with Crippen LogP contribution in [0.1, 0.15) is 10.4 Å². The first kappa shape index (κ1) is 24.7. The molecule has 9 heteroatoms. The molecule has 0 spiro atoms. The molecule has 3 heterocycles. The van der Waals surface area contributed by atoms with E-state index in [4.69, 9.17) is 9.47 Å². The average molecular weight is 527 g/mol. The van der Waals surface area contributed by atoms with Gasteiger partial charge in [-0.25, -0.2) is 8.78 Å². The summed E-state index contributed by atoms with van der Waals surface area (Å²) in [5.41, 5.74) is 2.63. The third kappa shape index (κ3) is 4.51. The highest BCUT2D eigenvalue weighted by atomic mass is 19.1. The zero-order valence-corrected chi connectivity index (χ0v) is 21.1. The number of nitrogens with one attached hydrogen (secondary N) is 1. The second-order valence-corrected chi connectivity index (χ2v) is 9.11. The minimum absolute atomic E-state index is 0.0245. The number of morpholine rings is 1. The van der Waals surface area contributed by atoms with Crippen LogP contribution in [0.2, 0.25) is 0 Å². The molecular weight excluding hydrogens is 502 g/mol. The standard InChI is InChI=1S/C30H24F2N4O3/c1-38-18-6-8-23(31)22(16-18)27-24(32)9-7-21-28(27)34-17-26(29(21)36-12-14-39-15-13-36)35-30(37)20-10-11-33-25-5-3-2-4-19(20)25/h2-11,16-17H,12-15H2,1H3,(H,35,37). The number of hydrogen-bond donors (Lipinski definition) is 1. The van der Waals surface area contributed by atoms with Crippen molar-refractivity contribution in [3.63, 3.8) is 0 Å². The molecule has 39 heavy (non-hydrogen) atoms. The number of para-hydroxylation sites is 1. The SMILES string of the molecule is COc1ccc(F)c(-c2c(F)ccc3c(N4CCOCC4)c(NC(=O)c4ccnc5ccccc45)cnc23)c1. The van der Waals surface area contributed by atoms with E-state index in [0.717, 1.165) is 5.39 Å². The molecule has 1 aliphatic heterocycles. The quantitative estimate of drug-likeness (QED) is 0.311. The van der Waals surface area contributed by atoms with E-state index in [-0.39, 0.29) is 22.6 Å². The normalized spacial score (nSPS) is 13.6. The number of halogens is 2. The van der Waals surface area contributed by atoms with Crippen molar-refractivity contribution < 1.29 is 23.0 Å². The Morgan fingerprint density at radius 2 is 1.77 bits per heavy atom. The van der Waals surface area contributed by atoms with Gasteiger partial charge >= 0.3 is 0 Å². The van der Waals surface area contributed by atoms with E-state index in [2.05, 4.69) is 20.2 Å². The zero-order chi connectivity index (χ0) is 26.9. The third-order valence-corrected chi connectivity index (χ3v) is 6.87. The smallest absolute Gasteiger partial charge is 0.256 e. The van der Waals surface area contributed by atoms with Crippen molar-refractivity contribution in [3.8, 4) is 16.9 Å². The lowest BCUT2D eigenvalue weighted by atomic mass is 9.98. The van der Waals surface area contributed by atoms with Crippen molar-refractivity contribution in [2.75, 3.05) is 43.6 Å². The molecule has 3 aromatic carbocycles. The summed E-state index contributed by atoms with van der Waals surface area (Å²) in [6.45, 7) is 2.09. The van der Waals surface area contributed by atoms with Gasteiger partial charge in [0, 0.05) is 41.2 Å². The number of anilines is 2. The summed E-state index contributed by atoms with van der Waals surface area (Å²) in [7, 11) is 1.46. The molecule has 0 aliphatic carbocycles. The summed E-state index contributed by atoms with van der Waals surface area (Å²) in [4.78, 5) is 24.5. The summed E-state index contributed by atoms with van der Waals surface area (Å²) in [6.07, 6.45) is 3.09. The van der Waals surface area contributed by atoms with Crippen LogP contribution >= 0.6 is 0 Å². The number of ether oxygens (including phenoxy) is 2. The number of aromatic nitrogens is 2. The summed E-state index contributed by atoms with van der Waals surface area (Å²) in [6, 6.07) is 16.1. The van der Waals surface area contributed by atoms with Crippen LogP contribution in [0, 0.1) is 11.6 Å². The van der Waals surface area contributed by atoms with Gasteiger partial charge in [0.25, 0.3) is 5.91 Å². The Labute approximate surface area is 223 Å². The summed E-state index contributed by atoms with van der Waals surface area (Å²) in [5.74, 6) is -1.15. The number of nitrogens with zero attached hydrogens (tertiary/aromatic N) is 3. The minimum Gasteiger partial charge on any atom is -0.497 e. The third-order valence-electron chi connectivity index (χ3n) is 6.87. The van der Waals surface area contributed by atoms with Crippen LogP contribution in [0.25, 0.3) is 32.9 Å². The minimum atomic E-state index is -0.616. The lowest BCUT2D eigenvalue weighted by Crippen LogP contribution is -2.37. The number of carbonyl (C=O) groups excluding carboxylic acids is 1. The molecule has 0 radical (unpaired) electrons. The molecule has 5 aromatic rings. The topological polar surface area (TPSA) is 76.6 Å². The molecule has 2 aromatic heterocycles. The van der Waals surface area contributed by atoms with E-state index in [1.807, 2.05) is 24.3 Å². The number of carbonyl (C=O) groups is 1. The number of methoxy groups -OCH3 is 1. The van der Waals surface area contributed by atoms with E-state index in [1.54, 1.807) is 18.3 Å². The summed E-state index contributed by atoms with van der Waals surface area (Å²) in [5, 5.41) is 4.31. The molecule has 1 amide bonds. The van der Waals surface area contributed by atoms with Crippen LogP contribution in [0.4, 0.5) is 20.2 Å². The maximum Gasteiger partial charge on any atom is 0.256 e. The first-order chi connectivity index (χ1) is 19.0. The molecule has 0 bridgehead atoms. The summed E-state index contributed by atoms with van der Waals surface area (Å²) >= 11 is 0. The first-order valence-electron chi connectivity index (χ1n) is 12.5. The Kier molecular flexibility index (Phi) is 6.50. The van der Waals surface area contributed by atoms with Crippen molar-refractivity contribution in [3.05, 3.63) is 90.3 Å². The van der Waals surface area contributed by atoms with Crippen LogP contribution < -0.4 is 15.0 Å². The van der Waals surface area contributed by atoms with Gasteiger partial charge in [0.2, 0.25) is 0 Å². The molecule has 1 fully saturated rings. The maximum atomic E-state index is 15.3. The molecule has 0 unspecified atom stereocenters. The van der Waals surface area contributed by atoms with E-state index in [9.17, 15) is 9.18 Å². The van der Waals surface area contributed by atoms with Gasteiger partial charge in [0.1, 0.15) is 17.4 Å². The van der Waals surface area contributed by atoms with Crippen LogP contribution in [-0.4, -0.2) is 49.3 Å². The molecule has 1 saturated heterocycles. The number of rotatable bonds is 5. The number of pyridine rings is 2. The number of fused-ring (bicyclic) bond motifs is 2. The van der Waals surface area contributed by atoms with Gasteiger partial charge in [-0.3, -0.25) is 14.8 Å². The zero-order valence-electron chi connectivity index (χ0n) is 21.1. The number of benzene rings is 3. The van der Waals surface area contributed by atoms with Crippen LogP contribution in [-0.2, 0) is 4.74 Å². The fraction of sp³-hybridized carbons (Fsp3) is 0.167. The predicted molar refractivity (Wildman–Crippen MR) is 146 cm³/mol. The van der Waals surface area contributed by atoms with Gasteiger partial charge in [0.15, 0.2) is 0 Å². The monoisotopic (exact) mass is 526 g/mol. The second-order valence-electron chi connectivity index (χ2n) is 9.11. The highest BCUT2D eigenvalue weighted by Gasteiger charge is 2.24. The van der Waals surface area contributed by atoms with Crippen LogP contribution in [0.15, 0.2) is 73.1 Å². The van der Waals surface area contributed by atoms with Gasteiger partial charge in [-0.2, -0.15) is 0 Å². The van der Waals surface area contributed by atoms with E-state index < -0.39 is 11.6 Å². The van der Waals surface area contributed by atoms with Crippen molar-refractivity contribution in [2.24, 2.45) is 0 Å². The van der Waals surface area contributed by atoms with Crippen LogP contribution in [0.5, 0.6) is 5.75 Å². The molecule has 196 valence electrons. The Hall–Kier alpha value is -4.63. The van der Waals surface area contributed by atoms with Gasteiger partial charge < -0.3 is 19.7 Å². The van der Waals surface area contributed by atoms with Crippen molar-refractivity contribution in [1.82, 2.24) is 9.97 Å². The molecule has 0 atom stereocenters. The van der Waals surface area contributed by atoms with E-state index in [0.29, 0.717) is 59.9 Å². The lowest BCUT2D eigenvalue weighted by molar-refractivity contribution is 0.102. The van der Waals surface area contributed by atoms with Gasteiger partial charge in [-0.1, -0.05) is 18.2 Å². The fourth-order valence-corrected chi connectivity index (χ4v) is 5.01. The number of amides is 1. The fourth-order valence-electron chi connectivity index (χ4n) is 5.01. The lowest BCUT2D eigenvalue weighted by Gasteiger charge is -2.31. The molecule has 7 nitrogen and oxygen atoms in total. The van der Waals surface area contributed by atoms with Gasteiger partial charge in [0.05, 0.1) is 54.5 Å². The predicted octanol–water partition coefficient (Wildman–Crippen LogP) is 5.83. The van der Waals surface area contributed by atoms with Gasteiger partial charge in [-0.15, -0.1) is 0 Å². The van der Waals surface area contributed by atoms with E-state index >= 15 is 4.39 Å².